The number of guanidine groups is 1. The maximum absolute atomic E-state index is 5.99. The van der Waals surface area contributed by atoms with Gasteiger partial charge in [-0.3, -0.25) is 0 Å². The van der Waals surface area contributed by atoms with Gasteiger partial charge in [0.25, 0.3) is 0 Å². The number of nitrogens with two attached hydrogens (primary N) is 1. The normalized spacial score (nSPS) is 16.3. The molecule has 1 aliphatic heterocycles. The molecule has 0 aromatic heterocycles. The Hall–Kier alpha value is -1.96. The van der Waals surface area contributed by atoms with E-state index in [9.17, 15) is 0 Å². The second-order valence-corrected chi connectivity index (χ2v) is 6.13. The second-order valence-electron chi connectivity index (χ2n) is 6.13. The highest BCUT2D eigenvalue weighted by molar-refractivity contribution is 14.0. The van der Waals surface area contributed by atoms with Crippen molar-refractivity contribution in [1.82, 2.24) is 0 Å². The van der Waals surface area contributed by atoms with Crippen LogP contribution in [-0.2, 0) is 0 Å². The highest BCUT2D eigenvalue weighted by atomic mass is 127. The van der Waals surface area contributed by atoms with Gasteiger partial charge in [-0.25, -0.2) is 4.99 Å². The summed E-state index contributed by atoms with van der Waals surface area (Å²) >= 11 is 0. The Morgan fingerprint density at radius 2 is 1.96 bits per heavy atom. The third-order valence-electron chi connectivity index (χ3n) is 3.86. The standard InChI is InChI=1S/C19H23N3O2.HI/c1-13(2)14-6-5-7-15(10-14)22-19(20)21-11-16-12-23-17-8-3-4-9-18(17)24-16;/h3-10,13,16H,11-12H2,1-2H3,(H3,20,21,22);1H. The zero-order valence-electron chi connectivity index (χ0n) is 14.4. The summed E-state index contributed by atoms with van der Waals surface area (Å²) in [6.45, 7) is 5.23. The summed E-state index contributed by atoms with van der Waals surface area (Å²) in [5.74, 6) is 2.37. The molecule has 0 saturated heterocycles. The van der Waals surface area contributed by atoms with Crippen LogP contribution in [0.1, 0.15) is 25.3 Å². The number of benzene rings is 2. The fourth-order valence-corrected chi connectivity index (χ4v) is 2.52. The molecule has 2 aromatic carbocycles. The van der Waals surface area contributed by atoms with Gasteiger partial charge in [0.15, 0.2) is 23.6 Å². The Labute approximate surface area is 165 Å². The van der Waals surface area contributed by atoms with Crippen molar-refractivity contribution in [3.8, 4) is 11.5 Å². The molecule has 134 valence electrons. The van der Waals surface area contributed by atoms with Crippen LogP contribution < -0.4 is 20.5 Å². The maximum atomic E-state index is 5.99. The number of anilines is 1. The fourth-order valence-electron chi connectivity index (χ4n) is 2.52. The number of fused-ring (bicyclic) bond motifs is 1. The lowest BCUT2D eigenvalue weighted by Crippen LogP contribution is -2.33. The molecule has 0 radical (unpaired) electrons. The summed E-state index contributed by atoms with van der Waals surface area (Å²) < 4.78 is 11.5. The third kappa shape index (κ3) is 5.26. The first kappa shape index (κ1) is 19.4. The van der Waals surface area contributed by atoms with Gasteiger partial charge in [-0.15, -0.1) is 24.0 Å². The number of hydrogen-bond acceptors (Lipinski definition) is 3. The largest absolute Gasteiger partial charge is 0.486 e. The second kappa shape index (κ2) is 8.94. The first-order valence-corrected chi connectivity index (χ1v) is 8.17. The van der Waals surface area contributed by atoms with Gasteiger partial charge in [0.1, 0.15) is 6.61 Å². The molecule has 3 N–H and O–H groups in total. The van der Waals surface area contributed by atoms with E-state index in [1.807, 2.05) is 36.4 Å². The van der Waals surface area contributed by atoms with Crippen molar-refractivity contribution in [2.45, 2.75) is 25.9 Å². The van der Waals surface area contributed by atoms with E-state index in [0.29, 0.717) is 25.0 Å². The van der Waals surface area contributed by atoms with Crippen LogP contribution in [0, 0.1) is 0 Å². The zero-order chi connectivity index (χ0) is 16.9. The van der Waals surface area contributed by atoms with E-state index in [4.69, 9.17) is 15.2 Å². The number of nitrogens with one attached hydrogen (secondary N) is 1. The number of aliphatic imine (C=N–C) groups is 1. The van der Waals surface area contributed by atoms with Gasteiger partial charge in [-0.2, -0.15) is 0 Å². The van der Waals surface area contributed by atoms with Crippen LogP contribution in [0.25, 0.3) is 0 Å². The van der Waals surface area contributed by atoms with E-state index in [-0.39, 0.29) is 30.1 Å². The average molecular weight is 453 g/mol. The Bertz CT molecular complexity index is 734. The molecule has 25 heavy (non-hydrogen) atoms. The Morgan fingerprint density at radius 3 is 2.72 bits per heavy atom. The Kier molecular flexibility index (Phi) is 6.92. The minimum Gasteiger partial charge on any atom is -0.486 e. The van der Waals surface area contributed by atoms with Gasteiger partial charge >= 0.3 is 0 Å². The van der Waals surface area contributed by atoms with Crippen molar-refractivity contribution >= 4 is 35.6 Å². The van der Waals surface area contributed by atoms with Crippen LogP contribution in [-0.4, -0.2) is 25.2 Å². The lowest BCUT2D eigenvalue weighted by atomic mass is 10.0. The first-order chi connectivity index (χ1) is 11.6. The third-order valence-corrected chi connectivity index (χ3v) is 3.86. The predicted molar refractivity (Wildman–Crippen MR) is 112 cm³/mol. The Balaban J connectivity index is 0.00000225. The van der Waals surface area contributed by atoms with Crippen molar-refractivity contribution in [3.05, 3.63) is 54.1 Å². The Morgan fingerprint density at radius 1 is 1.20 bits per heavy atom. The van der Waals surface area contributed by atoms with Crippen molar-refractivity contribution in [3.63, 3.8) is 0 Å². The van der Waals surface area contributed by atoms with Gasteiger partial charge in [0.2, 0.25) is 0 Å². The van der Waals surface area contributed by atoms with E-state index >= 15 is 0 Å². The molecule has 0 bridgehead atoms. The monoisotopic (exact) mass is 453 g/mol. The average Bonchev–Trinajstić information content (AvgIpc) is 2.60. The molecule has 0 fully saturated rings. The summed E-state index contributed by atoms with van der Waals surface area (Å²) in [5, 5.41) is 3.13. The van der Waals surface area contributed by atoms with Crippen molar-refractivity contribution < 1.29 is 9.47 Å². The molecule has 1 heterocycles. The number of hydrogen-bond donors (Lipinski definition) is 2. The number of rotatable bonds is 4. The molecule has 0 saturated carbocycles. The zero-order valence-corrected chi connectivity index (χ0v) is 16.8. The summed E-state index contributed by atoms with van der Waals surface area (Å²) in [7, 11) is 0. The van der Waals surface area contributed by atoms with E-state index in [0.717, 1.165) is 17.2 Å². The van der Waals surface area contributed by atoms with Gasteiger partial charge in [-0.05, 0) is 35.7 Å². The lowest BCUT2D eigenvalue weighted by Gasteiger charge is -2.25. The smallest absolute Gasteiger partial charge is 0.193 e. The molecule has 1 aliphatic rings. The van der Waals surface area contributed by atoms with Crippen LogP contribution in [0.15, 0.2) is 53.5 Å². The molecule has 6 heteroatoms. The van der Waals surface area contributed by atoms with Crippen molar-refractivity contribution in [2.75, 3.05) is 18.5 Å². The number of halogens is 1. The molecular weight excluding hydrogens is 429 g/mol. The van der Waals surface area contributed by atoms with Gasteiger partial charge < -0.3 is 20.5 Å². The van der Waals surface area contributed by atoms with Crippen LogP contribution >= 0.6 is 24.0 Å². The number of ether oxygens (including phenoxy) is 2. The molecule has 2 aromatic rings. The van der Waals surface area contributed by atoms with E-state index in [1.54, 1.807) is 0 Å². The summed E-state index contributed by atoms with van der Waals surface area (Å²) in [5.41, 5.74) is 8.18. The van der Waals surface area contributed by atoms with Crippen molar-refractivity contribution in [1.29, 1.82) is 0 Å². The fraction of sp³-hybridized carbons (Fsp3) is 0.316. The maximum Gasteiger partial charge on any atom is 0.193 e. The summed E-state index contributed by atoms with van der Waals surface area (Å²) in [6, 6.07) is 15.8. The molecule has 0 spiro atoms. The summed E-state index contributed by atoms with van der Waals surface area (Å²) in [6.07, 6.45) is -0.137. The van der Waals surface area contributed by atoms with Gasteiger partial charge in [0.05, 0.1) is 6.54 Å². The predicted octanol–water partition coefficient (Wildman–Crippen LogP) is 3.99. The van der Waals surface area contributed by atoms with Crippen LogP contribution in [0.4, 0.5) is 5.69 Å². The number of nitrogens with zero attached hydrogens (tertiary/aromatic N) is 1. The van der Waals surface area contributed by atoms with Gasteiger partial charge in [0, 0.05) is 5.69 Å². The quantitative estimate of drug-likeness (QED) is 0.417. The van der Waals surface area contributed by atoms with Crippen LogP contribution in [0.5, 0.6) is 11.5 Å². The topological polar surface area (TPSA) is 68.9 Å². The highest BCUT2D eigenvalue weighted by Crippen LogP contribution is 2.30. The van der Waals surface area contributed by atoms with Crippen molar-refractivity contribution in [2.24, 2.45) is 10.7 Å². The minimum atomic E-state index is -0.137. The van der Waals surface area contributed by atoms with Crippen LogP contribution in [0.2, 0.25) is 0 Å². The van der Waals surface area contributed by atoms with E-state index in [2.05, 4.69) is 36.3 Å². The number of para-hydroxylation sites is 2. The first-order valence-electron chi connectivity index (χ1n) is 8.17. The highest BCUT2D eigenvalue weighted by Gasteiger charge is 2.20. The molecule has 3 rings (SSSR count). The molecule has 1 atom stereocenters. The molecule has 0 aliphatic carbocycles. The van der Waals surface area contributed by atoms with Gasteiger partial charge in [-0.1, -0.05) is 38.1 Å². The van der Waals surface area contributed by atoms with E-state index < -0.39 is 0 Å². The van der Waals surface area contributed by atoms with E-state index in [1.165, 1.54) is 5.56 Å². The molecule has 5 nitrogen and oxygen atoms in total. The molecule has 0 amide bonds. The molecule has 1 unspecified atom stereocenters. The molecular formula is C19H24IN3O2. The summed E-state index contributed by atoms with van der Waals surface area (Å²) in [4.78, 5) is 4.37. The minimum absolute atomic E-state index is 0. The lowest BCUT2D eigenvalue weighted by molar-refractivity contribution is 0.0972. The SMILES string of the molecule is CC(C)c1cccc(NC(N)=NCC2COc3ccccc3O2)c1.I. The van der Waals surface area contributed by atoms with Crippen LogP contribution in [0.3, 0.4) is 0 Å².